The highest BCUT2D eigenvalue weighted by molar-refractivity contribution is 7.98. The summed E-state index contributed by atoms with van der Waals surface area (Å²) in [6.45, 7) is 3.70. The Balaban J connectivity index is 1.64. The first-order valence-corrected chi connectivity index (χ1v) is 12.4. The monoisotopic (exact) mass is 470 g/mol. The molecule has 2 aromatic rings. The van der Waals surface area contributed by atoms with Crippen LogP contribution in [-0.2, 0) is 14.3 Å². The molecule has 0 heterocycles. The van der Waals surface area contributed by atoms with Gasteiger partial charge in [0.1, 0.15) is 18.7 Å². The van der Waals surface area contributed by atoms with E-state index in [1.54, 1.807) is 13.8 Å². The fraction of sp³-hybridized carbons (Fsp3) is 0.400. The first-order valence-electron chi connectivity index (χ1n) is 11.0. The molecule has 1 unspecified atom stereocenters. The molecule has 33 heavy (non-hydrogen) atoms. The Morgan fingerprint density at radius 2 is 1.58 bits per heavy atom. The molecule has 2 amide bonds. The van der Waals surface area contributed by atoms with Gasteiger partial charge in [-0.2, -0.15) is 11.8 Å². The summed E-state index contributed by atoms with van der Waals surface area (Å²) in [6.07, 6.45) is 1.47. The van der Waals surface area contributed by atoms with Crippen LogP contribution in [0.1, 0.15) is 37.3 Å². The van der Waals surface area contributed by atoms with Crippen molar-refractivity contribution < 1.29 is 24.2 Å². The molecule has 0 spiro atoms. The number of carbonyl (C=O) groups is 3. The topological polar surface area (TPSA) is 105 Å². The largest absolute Gasteiger partial charge is 0.480 e. The summed E-state index contributed by atoms with van der Waals surface area (Å²) in [5.41, 5.74) is 4.46. The molecule has 3 rings (SSSR count). The number of thioether (sulfide) groups is 1. The van der Waals surface area contributed by atoms with Crippen LogP contribution in [0.5, 0.6) is 0 Å². The van der Waals surface area contributed by atoms with Crippen molar-refractivity contribution in [1.29, 1.82) is 0 Å². The van der Waals surface area contributed by atoms with Crippen molar-refractivity contribution in [2.75, 3.05) is 18.6 Å². The predicted octanol–water partition coefficient (Wildman–Crippen LogP) is 3.87. The molecule has 0 fully saturated rings. The van der Waals surface area contributed by atoms with E-state index in [1.165, 1.54) is 11.8 Å². The summed E-state index contributed by atoms with van der Waals surface area (Å²) in [5, 5.41) is 14.5. The van der Waals surface area contributed by atoms with E-state index in [9.17, 15) is 19.5 Å². The Hall–Kier alpha value is -3.00. The van der Waals surface area contributed by atoms with Gasteiger partial charge < -0.3 is 20.5 Å². The van der Waals surface area contributed by atoms with E-state index in [4.69, 9.17) is 4.74 Å². The molecule has 1 aliphatic carbocycles. The lowest BCUT2D eigenvalue weighted by atomic mass is 9.98. The summed E-state index contributed by atoms with van der Waals surface area (Å²) in [7, 11) is 0. The Morgan fingerprint density at radius 1 is 1.00 bits per heavy atom. The van der Waals surface area contributed by atoms with Gasteiger partial charge in [0, 0.05) is 5.92 Å². The number of amides is 2. The fourth-order valence-electron chi connectivity index (χ4n) is 4.06. The maximum Gasteiger partial charge on any atom is 0.407 e. The Bertz CT molecular complexity index is 964. The minimum absolute atomic E-state index is 0.0857. The number of carboxylic acid groups (broad SMARTS) is 1. The first kappa shape index (κ1) is 24.6. The molecule has 0 saturated carbocycles. The molecule has 8 heteroatoms. The van der Waals surface area contributed by atoms with Crippen molar-refractivity contribution in [2.45, 2.75) is 38.3 Å². The number of carboxylic acids is 1. The number of carbonyl (C=O) groups excluding carboxylic acids is 2. The summed E-state index contributed by atoms with van der Waals surface area (Å²) >= 11 is 1.50. The quantitative estimate of drug-likeness (QED) is 0.487. The van der Waals surface area contributed by atoms with E-state index < -0.39 is 30.1 Å². The molecular weight excluding hydrogens is 440 g/mol. The summed E-state index contributed by atoms with van der Waals surface area (Å²) in [4.78, 5) is 36.8. The second-order valence-electron chi connectivity index (χ2n) is 8.37. The van der Waals surface area contributed by atoms with Crippen LogP contribution >= 0.6 is 11.8 Å². The van der Waals surface area contributed by atoms with Gasteiger partial charge >= 0.3 is 12.1 Å². The van der Waals surface area contributed by atoms with Gasteiger partial charge in [0.05, 0.1) is 0 Å². The maximum atomic E-state index is 12.7. The molecule has 2 atom stereocenters. The summed E-state index contributed by atoms with van der Waals surface area (Å²) < 4.78 is 5.54. The highest BCUT2D eigenvalue weighted by Gasteiger charge is 2.31. The lowest BCUT2D eigenvalue weighted by Crippen LogP contribution is -2.54. The maximum absolute atomic E-state index is 12.7. The van der Waals surface area contributed by atoms with Gasteiger partial charge in [-0.25, -0.2) is 9.59 Å². The van der Waals surface area contributed by atoms with E-state index in [1.807, 2.05) is 42.7 Å². The van der Waals surface area contributed by atoms with Gasteiger partial charge in [-0.3, -0.25) is 4.79 Å². The zero-order valence-corrected chi connectivity index (χ0v) is 19.9. The molecular formula is C25H30N2O5S. The number of ether oxygens (including phenoxy) is 1. The predicted molar refractivity (Wildman–Crippen MR) is 129 cm³/mol. The van der Waals surface area contributed by atoms with Crippen molar-refractivity contribution in [3.63, 3.8) is 0 Å². The third-order valence-electron chi connectivity index (χ3n) is 5.79. The molecule has 7 nitrogen and oxygen atoms in total. The van der Waals surface area contributed by atoms with Crippen LogP contribution in [0.2, 0.25) is 0 Å². The van der Waals surface area contributed by atoms with Gasteiger partial charge in [-0.05, 0) is 46.6 Å². The molecule has 0 bridgehead atoms. The molecule has 2 aromatic carbocycles. The lowest BCUT2D eigenvalue weighted by molar-refractivity contribution is -0.142. The highest BCUT2D eigenvalue weighted by Crippen LogP contribution is 2.44. The average molecular weight is 471 g/mol. The van der Waals surface area contributed by atoms with Gasteiger partial charge in [0.15, 0.2) is 0 Å². The van der Waals surface area contributed by atoms with Gasteiger partial charge in [0.25, 0.3) is 0 Å². The number of alkyl carbamates (subject to hydrolysis) is 1. The number of fused-ring (bicyclic) bond motifs is 3. The highest BCUT2D eigenvalue weighted by atomic mass is 32.2. The molecule has 0 aliphatic heterocycles. The first-order chi connectivity index (χ1) is 15.8. The summed E-state index contributed by atoms with van der Waals surface area (Å²) in [6, 6.07) is 14.2. The minimum atomic E-state index is -1.10. The van der Waals surface area contributed by atoms with Crippen molar-refractivity contribution in [1.82, 2.24) is 10.6 Å². The molecule has 176 valence electrons. The second kappa shape index (κ2) is 11.2. The van der Waals surface area contributed by atoms with Crippen LogP contribution in [-0.4, -0.2) is 53.8 Å². The van der Waals surface area contributed by atoms with Crippen LogP contribution < -0.4 is 10.6 Å². The molecule has 0 radical (unpaired) electrons. The van der Waals surface area contributed by atoms with E-state index in [0.29, 0.717) is 12.2 Å². The van der Waals surface area contributed by atoms with Crippen LogP contribution in [0.4, 0.5) is 4.79 Å². The molecule has 1 aliphatic rings. The number of aliphatic carboxylic acids is 1. The summed E-state index contributed by atoms with van der Waals surface area (Å²) in [5.74, 6) is -1.37. The number of hydrogen-bond donors (Lipinski definition) is 3. The number of hydrogen-bond acceptors (Lipinski definition) is 5. The molecule has 0 saturated heterocycles. The van der Waals surface area contributed by atoms with Gasteiger partial charge in [-0.15, -0.1) is 0 Å². The zero-order valence-electron chi connectivity index (χ0n) is 19.0. The Labute approximate surface area is 198 Å². The Morgan fingerprint density at radius 3 is 2.09 bits per heavy atom. The van der Waals surface area contributed by atoms with Crippen molar-refractivity contribution in [3.05, 3.63) is 59.7 Å². The zero-order chi connectivity index (χ0) is 24.0. The van der Waals surface area contributed by atoms with Crippen LogP contribution in [0.15, 0.2) is 48.5 Å². The third-order valence-corrected chi connectivity index (χ3v) is 6.44. The minimum Gasteiger partial charge on any atom is -0.480 e. The lowest BCUT2D eigenvalue weighted by Gasteiger charge is -2.24. The van der Waals surface area contributed by atoms with Crippen LogP contribution in [0, 0.1) is 5.92 Å². The Kier molecular flexibility index (Phi) is 8.38. The number of nitrogens with one attached hydrogen (secondary N) is 2. The smallest absolute Gasteiger partial charge is 0.407 e. The van der Waals surface area contributed by atoms with E-state index >= 15 is 0 Å². The van der Waals surface area contributed by atoms with Crippen molar-refractivity contribution in [3.8, 4) is 11.1 Å². The second-order valence-corrected chi connectivity index (χ2v) is 9.36. The van der Waals surface area contributed by atoms with Crippen molar-refractivity contribution >= 4 is 29.7 Å². The van der Waals surface area contributed by atoms with E-state index in [-0.39, 0.29) is 18.4 Å². The van der Waals surface area contributed by atoms with Gasteiger partial charge in [-0.1, -0.05) is 62.4 Å². The van der Waals surface area contributed by atoms with Gasteiger partial charge in [0.2, 0.25) is 5.91 Å². The van der Waals surface area contributed by atoms with Crippen LogP contribution in [0.3, 0.4) is 0 Å². The molecule has 3 N–H and O–H groups in total. The van der Waals surface area contributed by atoms with Crippen LogP contribution in [0.25, 0.3) is 11.1 Å². The fourth-order valence-corrected chi connectivity index (χ4v) is 4.53. The molecule has 0 aromatic heterocycles. The normalized spacial score (nSPS) is 14.2. The van der Waals surface area contributed by atoms with Crippen molar-refractivity contribution in [2.24, 2.45) is 5.92 Å². The van der Waals surface area contributed by atoms with E-state index in [0.717, 1.165) is 22.3 Å². The van der Waals surface area contributed by atoms with E-state index in [2.05, 4.69) is 22.8 Å². The number of benzene rings is 2. The number of rotatable bonds is 10. The average Bonchev–Trinajstić information content (AvgIpc) is 3.12. The standard InChI is InChI=1S/C25H30N2O5S/c1-15(2)22(23(28)26-21(24(29)30)12-13-33-3)27-25(31)32-14-20-18-10-6-4-8-16(18)17-9-5-7-11-19(17)20/h4-11,15,20-22H,12-14H2,1-3H3,(H,26,28)(H,27,31)(H,29,30)/t21?,22-/m1/s1. The third kappa shape index (κ3) is 5.87. The SMILES string of the molecule is CSCCC(NC(=O)[C@H](NC(=O)OCC1c2ccccc2-c2ccccc21)C(C)C)C(=O)O.